The van der Waals surface area contributed by atoms with Gasteiger partial charge in [0, 0.05) is 23.6 Å². The first-order valence-corrected chi connectivity index (χ1v) is 7.30. The van der Waals surface area contributed by atoms with E-state index in [0.29, 0.717) is 23.8 Å². The van der Waals surface area contributed by atoms with Gasteiger partial charge in [-0.2, -0.15) is 4.57 Å². The van der Waals surface area contributed by atoms with E-state index < -0.39 is 0 Å². The molecule has 0 saturated heterocycles. The monoisotopic (exact) mass is 264 g/mol. The third-order valence-corrected chi connectivity index (χ3v) is 5.30. The zero-order valence-corrected chi connectivity index (χ0v) is 11.0. The second-order valence-electron chi connectivity index (χ2n) is 6.13. The van der Waals surface area contributed by atoms with Gasteiger partial charge in [0.25, 0.3) is 0 Å². The number of hydrogen-bond acceptors (Lipinski definition) is 0. The average Bonchev–Trinajstić information content (AvgIpc) is 2.96. The fourth-order valence-electron chi connectivity index (χ4n) is 4.61. The van der Waals surface area contributed by atoms with Crippen LogP contribution < -0.4 is 4.57 Å². The minimum Gasteiger partial charge on any atom is -0.207 e. The number of hydrogen-bond donors (Lipinski definition) is 0. The SMILES string of the molecule is Fc1ccc2c(c1)[C@H]1c3cccc[n+]3[C@@H]2[C@H]2C=CC[C@@H]12. The van der Waals surface area contributed by atoms with Crippen molar-refractivity contribution < 1.29 is 8.96 Å². The second kappa shape index (κ2) is 3.57. The maximum absolute atomic E-state index is 13.7. The number of allylic oxidation sites excluding steroid dienone is 2. The highest BCUT2D eigenvalue weighted by molar-refractivity contribution is 5.44. The molecule has 0 N–H and O–H groups in total. The Bertz CT molecular complexity index is 749. The lowest BCUT2D eigenvalue weighted by Gasteiger charge is -2.42. The predicted octanol–water partition coefficient (Wildman–Crippen LogP) is 3.35. The van der Waals surface area contributed by atoms with Crippen molar-refractivity contribution in [3.63, 3.8) is 0 Å². The molecule has 0 spiro atoms. The minimum absolute atomic E-state index is 0.110. The van der Waals surface area contributed by atoms with Gasteiger partial charge in [0.05, 0.1) is 5.92 Å². The van der Waals surface area contributed by atoms with E-state index in [2.05, 4.69) is 41.1 Å². The van der Waals surface area contributed by atoms with Crippen molar-refractivity contribution in [3.05, 3.63) is 77.4 Å². The summed E-state index contributed by atoms with van der Waals surface area (Å²) in [6, 6.07) is 12.1. The number of pyridine rings is 1. The number of nitrogens with zero attached hydrogens (tertiary/aromatic N) is 1. The average molecular weight is 264 g/mol. The highest BCUT2D eigenvalue weighted by Crippen LogP contribution is 2.55. The molecular formula is C18H15FN+. The molecule has 1 aromatic carbocycles. The van der Waals surface area contributed by atoms with E-state index in [1.807, 2.05) is 6.07 Å². The summed E-state index contributed by atoms with van der Waals surface area (Å²) < 4.78 is 16.1. The maximum atomic E-state index is 13.7. The fourth-order valence-corrected chi connectivity index (χ4v) is 4.61. The molecule has 98 valence electrons. The summed E-state index contributed by atoms with van der Waals surface area (Å²) in [4.78, 5) is 0. The van der Waals surface area contributed by atoms with E-state index in [4.69, 9.17) is 0 Å². The van der Waals surface area contributed by atoms with Crippen molar-refractivity contribution in [2.24, 2.45) is 11.8 Å². The molecule has 2 heteroatoms. The van der Waals surface area contributed by atoms with Gasteiger partial charge < -0.3 is 0 Å². The van der Waals surface area contributed by atoms with Gasteiger partial charge in [-0.3, -0.25) is 0 Å². The van der Waals surface area contributed by atoms with Gasteiger partial charge in [-0.05, 0) is 36.1 Å². The lowest BCUT2D eigenvalue weighted by atomic mass is 9.63. The largest absolute Gasteiger partial charge is 0.207 e. The number of halogens is 1. The highest BCUT2D eigenvalue weighted by atomic mass is 19.1. The molecule has 2 bridgehead atoms. The Morgan fingerprint density at radius 2 is 2.05 bits per heavy atom. The molecular weight excluding hydrogens is 249 g/mol. The molecule has 0 radical (unpaired) electrons. The van der Waals surface area contributed by atoms with Gasteiger partial charge in [0.2, 0.25) is 0 Å². The Morgan fingerprint density at radius 1 is 1.10 bits per heavy atom. The zero-order chi connectivity index (χ0) is 13.3. The van der Waals surface area contributed by atoms with E-state index in [-0.39, 0.29) is 5.82 Å². The molecule has 2 aliphatic carbocycles. The number of rotatable bonds is 0. The van der Waals surface area contributed by atoms with Gasteiger partial charge in [-0.15, -0.1) is 0 Å². The first-order valence-electron chi connectivity index (χ1n) is 7.30. The molecule has 0 amide bonds. The first-order chi connectivity index (χ1) is 9.84. The standard InChI is InChI=1S/C18H15FN/c19-11-7-8-14-15(10-11)17-12-4-3-5-13(12)18(14)20-9-2-1-6-16(17)20/h1-3,5-10,12-13,17-18H,4H2/q+1/t12-,13+,17+,18-/m1/s1. The molecule has 1 aromatic heterocycles. The summed E-state index contributed by atoms with van der Waals surface area (Å²) >= 11 is 0. The van der Waals surface area contributed by atoms with Crippen molar-refractivity contribution in [2.45, 2.75) is 18.4 Å². The van der Waals surface area contributed by atoms with Gasteiger partial charge in [0.15, 0.2) is 17.9 Å². The third kappa shape index (κ3) is 1.16. The van der Waals surface area contributed by atoms with E-state index in [9.17, 15) is 4.39 Å². The lowest BCUT2D eigenvalue weighted by molar-refractivity contribution is -0.737. The molecule has 4 atom stereocenters. The van der Waals surface area contributed by atoms with E-state index >= 15 is 0 Å². The van der Waals surface area contributed by atoms with Crippen LogP contribution in [0.2, 0.25) is 0 Å². The fraction of sp³-hybridized carbons (Fsp3) is 0.278. The van der Waals surface area contributed by atoms with Crippen LogP contribution in [0.15, 0.2) is 54.7 Å². The molecule has 2 aliphatic heterocycles. The Hall–Kier alpha value is -1.96. The Kier molecular flexibility index (Phi) is 1.93. The summed E-state index contributed by atoms with van der Waals surface area (Å²) in [5.41, 5.74) is 3.87. The van der Waals surface area contributed by atoms with Crippen LogP contribution in [0.5, 0.6) is 0 Å². The Morgan fingerprint density at radius 3 is 3.00 bits per heavy atom. The molecule has 20 heavy (non-hydrogen) atoms. The topological polar surface area (TPSA) is 3.88 Å². The van der Waals surface area contributed by atoms with Gasteiger partial charge >= 0.3 is 0 Å². The van der Waals surface area contributed by atoms with E-state index in [0.717, 1.165) is 6.42 Å². The lowest BCUT2D eigenvalue weighted by Crippen LogP contribution is -2.57. The van der Waals surface area contributed by atoms with Crippen molar-refractivity contribution in [2.75, 3.05) is 0 Å². The molecule has 0 fully saturated rings. The molecule has 3 heterocycles. The second-order valence-corrected chi connectivity index (χ2v) is 6.13. The smallest absolute Gasteiger partial charge is 0.190 e. The number of aromatic nitrogens is 1. The van der Waals surface area contributed by atoms with Crippen LogP contribution in [0.3, 0.4) is 0 Å². The van der Waals surface area contributed by atoms with Gasteiger partial charge in [0.1, 0.15) is 5.82 Å². The van der Waals surface area contributed by atoms with Crippen LogP contribution in [0.4, 0.5) is 4.39 Å². The van der Waals surface area contributed by atoms with Gasteiger partial charge in [-0.25, -0.2) is 4.39 Å². The molecule has 1 nitrogen and oxygen atoms in total. The van der Waals surface area contributed by atoms with Gasteiger partial charge in [-0.1, -0.05) is 18.2 Å². The summed E-state index contributed by atoms with van der Waals surface area (Å²) in [6.07, 6.45) is 7.99. The van der Waals surface area contributed by atoms with Crippen LogP contribution in [0.25, 0.3) is 0 Å². The van der Waals surface area contributed by atoms with Crippen LogP contribution in [-0.4, -0.2) is 0 Å². The number of benzene rings is 1. The highest BCUT2D eigenvalue weighted by Gasteiger charge is 2.55. The van der Waals surface area contributed by atoms with Crippen molar-refractivity contribution in [1.29, 1.82) is 0 Å². The summed E-state index contributed by atoms with van der Waals surface area (Å²) in [5.74, 6) is 1.41. The van der Waals surface area contributed by atoms with Crippen LogP contribution in [0, 0.1) is 17.7 Å². The van der Waals surface area contributed by atoms with E-state index in [1.165, 1.54) is 16.8 Å². The Labute approximate surface area is 117 Å². The summed E-state index contributed by atoms with van der Waals surface area (Å²) in [7, 11) is 0. The van der Waals surface area contributed by atoms with Crippen LogP contribution >= 0.6 is 0 Å². The predicted molar refractivity (Wildman–Crippen MR) is 73.8 cm³/mol. The van der Waals surface area contributed by atoms with Crippen LogP contribution in [0.1, 0.15) is 35.2 Å². The maximum Gasteiger partial charge on any atom is 0.190 e. The van der Waals surface area contributed by atoms with Crippen molar-refractivity contribution >= 4 is 0 Å². The summed E-state index contributed by atoms with van der Waals surface area (Å²) in [6.45, 7) is 0. The molecule has 6 rings (SSSR count). The normalized spacial score (nSPS) is 31.9. The quantitative estimate of drug-likeness (QED) is 0.507. The van der Waals surface area contributed by atoms with Crippen LogP contribution in [-0.2, 0) is 0 Å². The van der Waals surface area contributed by atoms with Crippen molar-refractivity contribution in [1.82, 2.24) is 0 Å². The van der Waals surface area contributed by atoms with E-state index in [1.54, 1.807) is 12.1 Å². The van der Waals surface area contributed by atoms with Crippen molar-refractivity contribution in [3.8, 4) is 0 Å². The zero-order valence-electron chi connectivity index (χ0n) is 11.0. The molecule has 2 aromatic rings. The molecule has 4 aliphatic rings. The third-order valence-electron chi connectivity index (χ3n) is 5.30. The first kappa shape index (κ1) is 10.8. The summed E-state index contributed by atoms with van der Waals surface area (Å²) in [5, 5.41) is 0. The minimum atomic E-state index is -0.110. The molecule has 0 saturated carbocycles. The molecule has 0 unspecified atom stereocenters. The Balaban J connectivity index is 1.85.